The third-order valence-corrected chi connectivity index (χ3v) is 4.69. The van der Waals surface area contributed by atoms with Gasteiger partial charge in [-0.25, -0.2) is 0 Å². The summed E-state index contributed by atoms with van der Waals surface area (Å²) in [6.07, 6.45) is 3.50. The summed E-state index contributed by atoms with van der Waals surface area (Å²) in [5.41, 5.74) is 1.19. The van der Waals surface area contributed by atoms with Crippen LogP contribution in [0, 0.1) is 12.8 Å². The lowest BCUT2D eigenvalue weighted by Crippen LogP contribution is -2.48. The largest absolute Gasteiger partial charge is 0.489 e. The molecule has 2 atom stereocenters. The van der Waals surface area contributed by atoms with E-state index in [-0.39, 0.29) is 29.9 Å². The molecule has 0 radical (unpaired) electrons. The molecule has 2 aliphatic rings. The number of amides is 2. The van der Waals surface area contributed by atoms with Crippen molar-refractivity contribution in [1.82, 2.24) is 10.2 Å². The number of rotatable bonds is 6. The van der Waals surface area contributed by atoms with Crippen molar-refractivity contribution in [2.24, 2.45) is 5.92 Å². The average Bonchev–Trinajstić information content (AvgIpc) is 3.30. The summed E-state index contributed by atoms with van der Waals surface area (Å²) in [6.45, 7) is 5.11. The molecule has 1 saturated heterocycles. The topological polar surface area (TPSA) is 58.6 Å². The molecule has 0 spiro atoms. The van der Waals surface area contributed by atoms with Crippen molar-refractivity contribution in [1.29, 1.82) is 0 Å². The van der Waals surface area contributed by atoms with Gasteiger partial charge >= 0.3 is 0 Å². The van der Waals surface area contributed by atoms with Gasteiger partial charge < -0.3 is 15.0 Å². The molecule has 1 aliphatic carbocycles. The predicted molar refractivity (Wildman–Crippen MR) is 91.7 cm³/mol. The van der Waals surface area contributed by atoms with Crippen molar-refractivity contribution < 1.29 is 14.3 Å². The second-order valence-corrected chi connectivity index (χ2v) is 6.95. The van der Waals surface area contributed by atoms with E-state index >= 15 is 0 Å². The van der Waals surface area contributed by atoms with Gasteiger partial charge in [-0.05, 0) is 51.7 Å². The van der Waals surface area contributed by atoms with Gasteiger partial charge in [0.2, 0.25) is 11.8 Å². The molecule has 5 nitrogen and oxygen atoms in total. The van der Waals surface area contributed by atoms with Gasteiger partial charge in [0.25, 0.3) is 0 Å². The Balaban J connectivity index is 1.47. The highest BCUT2D eigenvalue weighted by molar-refractivity contribution is 5.90. The third-order valence-electron chi connectivity index (χ3n) is 4.69. The molecular weight excluding hydrogens is 304 g/mol. The summed E-state index contributed by atoms with van der Waals surface area (Å²) in [5.74, 6) is 1.08. The fraction of sp³-hybridized carbons (Fsp3) is 0.579. The van der Waals surface area contributed by atoms with Crippen LogP contribution in [-0.4, -0.2) is 41.9 Å². The summed E-state index contributed by atoms with van der Waals surface area (Å²) in [5, 5.41) is 2.94. The number of aryl methyl sites for hydroxylation is 1. The molecule has 0 aromatic heterocycles. The first-order chi connectivity index (χ1) is 11.5. The Morgan fingerprint density at radius 2 is 1.96 bits per heavy atom. The molecule has 24 heavy (non-hydrogen) atoms. The predicted octanol–water partition coefficient (Wildman–Crippen LogP) is 2.28. The van der Waals surface area contributed by atoms with Crippen LogP contribution in [0.5, 0.6) is 5.75 Å². The summed E-state index contributed by atoms with van der Waals surface area (Å²) < 4.78 is 5.81. The van der Waals surface area contributed by atoms with Crippen molar-refractivity contribution >= 4 is 11.8 Å². The molecule has 1 aliphatic heterocycles. The van der Waals surface area contributed by atoms with Crippen molar-refractivity contribution in [3.8, 4) is 5.75 Å². The van der Waals surface area contributed by atoms with E-state index in [0.717, 1.165) is 31.4 Å². The van der Waals surface area contributed by atoms with Crippen LogP contribution < -0.4 is 10.1 Å². The first-order valence-electron chi connectivity index (χ1n) is 8.86. The van der Waals surface area contributed by atoms with Crippen LogP contribution in [0.2, 0.25) is 0 Å². The maximum absolute atomic E-state index is 12.4. The van der Waals surface area contributed by atoms with E-state index in [4.69, 9.17) is 4.74 Å². The zero-order valence-electron chi connectivity index (χ0n) is 14.5. The van der Waals surface area contributed by atoms with E-state index in [0.29, 0.717) is 13.1 Å². The molecule has 1 aromatic carbocycles. The van der Waals surface area contributed by atoms with Gasteiger partial charge in [-0.2, -0.15) is 0 Å². The molecule has 2 fully saturated rings. The average molecular weight is 330 g/mol. The Kier molecular flexibility index (Phi) is 5.07. The van der Waals surface area contributed by atoms with Crippen molar-refractivity contribution in [2.75, 3.05) is 13.1 Å². The Hall–Kier alpha value is -2.04. The molecule has 3 rings (SSSR count). The van der Waals surface area contributed by atoms with E-state index in [1.165, 1.54) is 5.56 Å². The molecule has 5 heteroatoms. The smallest absolute Gasteiger partial charge is 0.242 e. The first-order valence-corrected chi connectivity index (χ1v) is 8.86. The minimum Gasteiger partial charge on any atom is -0.489 e. The van der Waals surface area contributed by atoms with Gasteiger partial charge in [-0.1, -0.05) is 17.7 Å². The van der Waals surface area contributed by atoms with E-state index in [1.54, 1.807) is 4.90 Å². The van der Waals surface area contributed by atoms with E-state index in [2.05, 4.69) is 5.32 Å². The number of likely N-dealkylation sites (tertiary alicyclic amines) is 1. The van der Waals surface area contributed by atoms with Crippen LogP contribution in [0.4, 0.5) is 0 Å². The van der Waals surface area contributed by atoms with Crippen molar-refractivity contribution in [3.05, 3.63) is 29.8 Å². The zero-order chi connectivity index (χ0) is 17.1. The lowest BCUT2D eigenvalue weighted by Gasteiger charge is -2.24. The van der Waals surface area contributed by atoms with Crippen LogP contribution in [-0.2, 0) is 9.59 Å². The highest BCUT2D eigenvalue weighted by Crippen LogP contribution is 2.33. The Bertz CT molecular complexity index is 595. The van der Waals surface area contributed by atoms with Crippen LogP contribution in [0.25, 0.3) is 0 Å². The number of ether oxygens (including phenoxy) is 1. The minimum absolute atomic E-state index is 0.0548. The van der Waals surface area contributed by atoms with Crippen molar-refractivity contribution in [3.63, 3.8) is 0 Å². The zero-order valence-corrected chi connectivity index (χ0v) is 14.5. The molecule has 0 unspecified atom stereocenters. The second kappa shape index (κ2) is 7.24. The molecule has 0 bridgehead atoms. The monoisotopic (exact) mass is 330 g/mol. The van der Waals surface area contributed by atoms with Crippen LogP contribution in [0.15, 0.2) is 24.3 Å². The van der Waals surface area contributed by atoms with Crippen LogP contribution in [0.3, 0.4) is 0 Å². The Labute approximate surface area is 143 Å². The highest BCUT2D eigenvalue weighted by atomic mass is 16.5. The number of carbonyl (C=O) groups excluding carboxylic acids is 2. The van der Waals surface area contributed by atoms with E-state index in [1.807, 2.05) is 38.1 Å². The van der Waals surface area contributed by atoms with Gasteiger partial charge in [0.15, 0.2) is 0 Å². The van der Waals surface area contributed by atoms with Crippen LogP contribution >= 0.6 is 0 Å². The fourth-order valence-corrected chi connectivity index (χ4v) is 3.12. The second-order valence-electron chi connectivity index (χ2n) is 6.95. The van der Waals surface area contributed by atoms with Gasteiger partial charge in [0.1, 0.15) is 17.9 Å². The lowest BCUT2D eigenvalue weighted by molar-refractivity contribution is -0.139. The lowest BCUT2D eigenvalue weighted by atomic mass is 10.2. The normalized spacial score (nSPS) is 21.4. The Morgan fingerprint density at radius 3 is 2.62 bits per heavy atom. The van der Waals surface area contributed by atoms with E-state index in [9.17, 15) is 9.59 Å². The standard InChI is InChI=1S/C19H26N2O3/c1-13-5-9-16(10-6-13)24-14(2)12-20-18(22)17-4-3-11-21(17)19(23)15-7-8-15/h5-6,9-10,14-15,17H,3-4,7-8,11-12H2,1-2H3,(H,20,22)/t14-,17-/m1/s1. The van der Waals surface area contributed by atoms with Crippen LogP contribution in [0.1, 0.15) is 38.2 Å². The first kappa shape index (κ1) is 16.8. The summed E-state index contributed by atoms with van der Waals surface area (Å²) in [4.78, 5) is 26.5. The van der Waals surface area contributed by atoms with Crippen molar-refractivity contribution in [2.45, 2.75) is 51.7 Å². The maximum atomic E-state index is 12.4. The summed E-state index contributed by atoms with van der Waals surface area (Å²) >= 11 is 0. The number of carbonyl (C=O) groups is 2. The minimum atomic E-state index is -0.301. The molecule has 1 N–H and O–H groups in total. The van der Waals surface area contributed by atoms with Gasteiger partial charge in [0.05, 0.1) is 6.54 Å². The number of hydrogen-bond acceptors (Lipinski definition) is 3. The number of hydrogen-bond donors (Lipinski definition) is 1. The molecule has 1 heterocycles. The van der Waals surface area contributed by atoms with Gasteiger partial charge in [-0.15, -0.1) is 0 Å². The molecule has 130 valence electrons. The third kappa shape index (κ3) is 4.08. The summed E-state index contributed by atoms with van der Waals surface area (Å²) in [6, 6.07) is 7.56. The molecular formula is C19H26N2O3. The molecule has 1 aromatic rings. The number of benzene rings is 1. The maximum Gasteiger partial charge on any atom is 0.242 e. The summed E-state index contributed by atoms with van der Waals surface area (Å²) in [7, 11) is 0. The molecule has 1 saturated carbocycles. The quantitative estimate of drug-likeness (QED) is 0.870. The number of nitrogens with one attached hydrogen (secondary N) is 1. The fourth-order valence-electron chi connectivity index (χ4n) is 3.12. The number of nitrogens with zero attached hydrogens (tertiary/aromatic N) is 1. The SMILES string of the molecule is Cc1ccc(O[C@H](C)CNC(=O)[C@H]2CCCN2C(=O)C2CC2)cc1. The van der Waals surface area contributed by atoms with Gasteiger partial charge in [0, 0.05) is 12.5 Å². The Morgan fingerprint density at radius 1 is 1.25 bits per heavy atom. The van der Waals surface area contributed by atoms with E-state index < -0.39 is 0 Å². The van der Waals surface area contributed by atoms with Gasteiger partial charge in [-0.3, -0.25) is 9.59 Å². The highest BCUT2D eigenvalue weighted by Gasteiger charge is 2.40. The molecule has 2 amide bonds.